The molecule has 0 aliphatic heterocycles. The fourth-order valence-electron chi connectivity index (χ4n) is 1.77. The molecular weight excluding hydrogens is 348 g/mol. The maximum atomic E-state index is 12.1. The average Bonchev–Trinajstić information content (AvgIpc) is 2.95. The van der Waals surface area contributed by atoms with Crippen molar-refractivity contribution >= 4 is 50.6 Å². The maximum Gasteiger partial charge on any atom is 0.274 e. The highest BCUT2D eigenvalue weighted by atomic mass is 79.9. The molecule has 0 aliphatic rings. The summed E-state index contributed by atoms with van der Waals surface area (Å²) in [7, 11) is 1.77. The molecule has 102 valence electrons. The molecule has 3 aromatic heterocycles. The lowest BCUT2D eigenvalue weighted by Crippen LogP contribution is -2.17. The molecule has 9 heteroatoms. The summed E-state index contributed by atoms with van der Waals surface area (Å²) in [5, 5.41) is 2.80. The number of anilines is 1. The second kappa shape index (κ2) is 4.88. The average molecular weight is 356 g/mol. The van der Waals surface area contributed by atoms with E-state index in [0.717, 1.165) is 4.47 Å². The molecule has 3 aromatic rings. The van der Waals surface area contributed by atoms with Crippen LogP contribution in [-0.4, -0.2) is 30.4 Å². The molecule has 20 heavy (non-hydrogen) atoms. The van der Waals surface area contributed by atoms with Crippen LogP contribution in [-0.2, 0) is 7.05 Å². The van der Waals surface area contributed by atoms with Gasteiger partial charge < -0.3 is 9.55 Å². The molecule has 0 fully saturated rings. The number of nitrogens with zero attached hydrogens (tertiary/aromatic N) is 4. The Hall–Kier alpha value is -1.93. The van der Waals surface area contributed by atoms with Crippen molar-refractivity contribution in [2.24, 2.45) is 7.05 Å². The lowest BCUT2D eigenvalue weighted by Gasteiger charge is -2.04. The Morgan fingerprint density at radius 3 is 3.00 bits per heavy atom. The minimum Gasteiger partial charge on any atom is -0.345 e. The first-order chi connectivity index (χ1) is 9.54. The van der Waals surface area contributed by atoms with Gasteiger partial charge in [-0.2, -0.15) is 9.97 Å². The molecule has 0 aromatic carbocycles. The summed E-state index contributed by atoms with van der Waals surface area (Å²) in [5.74, 6) is -0.221. The van der Waals surface area contributed by atoms with Crippen molar-refractivity contribution in [2.75, 3.05) is 5.32 Å². The van der Waals surface area contributed by atoms with Crippen LogP contribution in [0.2, 0.25) is 5.15 Å². The molecule has 0 saturated heterocycles. The van der Waals surface area contributed by atoms with Gasteiger partial charge >= 0.3 is 0 Å². The predicted octanol–water partition coefficient (Wildman–Crippen LogP) is 2.36. The van der Waals surface area contributed by atoms with Gasteiger partial charge in [0.25, 0.3) is 5.91 Å². The molecule has 3 heterocycles. The number of rotatable bonds is 2. The molecule has 0 aliphatic carbocycles. The van der Waals surface area contributed by atoms with Gasteiger partial charge in [0, 0.05) is 17.7 Å². The third kappa shape index (κ3) is 2.27. The van der Waals surface area contributed by atoms with Gasteiger partial charge in [0.2, 0.25) is 5.95 Å². The van der Waals surface area contributed by atoms with Gasteiger partial charge in [-0.3, -0.25) is 10.1 Å². The Bertz CT molecular complexity index is 810. The van der Waals surface area contributed by atoms with Crippen LogP contribution in [0.1, 0.15) is 10.5 Å². The first-order valence-electron chi connectivity index (χ1n) is 5.54. The highest BCUT2D eigenvalue weighted by molar-refractivity contribution is 9.10. The van der Waals surface area contributed by atoms with Gasteiger partial charge in [-0.15, -0.1) is 0 Å². The molecule has 0 bridgehead atoms. The summed E-state index contributed by atoms with van der Waals surface area (Å²) < 4.78 is 2.50. The summed E-state index contributed by atoms with van der Waals surface area (Å²) in [6.45, 7) is 0. The summed E-state index contributed by atoms with van der Waals surface area (Å²) >= 11 is 9.29. The number of H-pyrrole nitrogens is 1. The van der Waals surface area contributed by atoms with E-state index in [4.69, 9.17) is 11.6 Å². The van der Waals surface area contributed by atoms with Gasteiger partial charge in [-0.1, -0.05) is 11.6 Å². The second-order valence-electron chi connectivity index (χ2n) is 4.05. The number of aromatic amines is 1. The Morgan fingerprint density at radius 2 is 2.30 bits per heavy atom. The van der Waals surface area contributed by atoms with E-state index in [9.17, 15) is 4.79 Å². The van der Waals surface area contributed by atoms with Crippen molar-refractivity contribution in [1.82, 2.24) is 24.5 Å². The van der Waals surface area contributed by atoms with Crippen molar-refractivity contribution < 1.29 is 4.79 Å². The van der Waals surface area contributed by atoms with Crippen LogP contribution in [0.4, 0.5) is 5.95 Å². The molecular formula is C11H8BrClN6O. The van der Waals surface area contributed by atoms with Crippen molar-refractivity contribution in [1.29, 1.82) is 0 Å². The number of fused-ring (bicyclic) bond motifs is 1. The van der Waals surface area contributed by atoms with Crippen LogP contribution in [0.15, 0.2) is 23.1 Å². The number of imidazole rings is 1. The van der Waals surface area contributed by atoms with Crippen LogP contribution in [0.25, 0.3) is 11.2 Å². The quantitative estimate of drug-likeness (QED) is 0.691. The van der Waals surface area contributed by atoms with Gasteiger partial charge in [-0.25, -0.2) is 4.98 Å². The van der Waals surface area contributed by atoms with E-state index in [-0.39, 0.29) is 17.0 Å². The highest BCUT2D eigenvalue weighted by Crippen LogP contribution is 2.19. The van der Waals surface area contributed by atoms with E-state index in [1.54, 1.807) is 23.9 Å². The van der Waals surface area contributed by atoms with Crippen molar-refractivity contribution in [3.8, 4) is 0 Å². The maximum absolute atomic E-state index is 12.1. The van der Waals surface area contributed by atoms with Gasteiger partial charge in [0.1, 0.15) is 11.2 Å². The summed E-state index contributed by atoms with van der Waals surface area (Å²) in [6, 6.07) is 1.70. The molecule has 1 amide bonds. The highest BCUT2D eigenvalue weighted by Gasteiger charge is 2.14. The van der Waals surface area contributed by atoms with Crippen molar-refractivity contribution in [3.63, 3.8) is 0 Å². The minimum atomic E-state index is -0.329. The molecule has 0 spiro atoms. The number of carbonyl (C=O) groups is 1. The molecule has 0 radical (unpaired) electrons. The number of amides is 1. The van der Waals surface area contributed by atoms with E-state index >= 15 is 0 Å². The Morgan fingerprint density at radius 1 is 1.50 bits per heavy atom. The number of hydrogen-bond acceptors (Lipinski definition) is 4. The molecule has 3 rings (SSSR count). The monoisotopic (exact) mass is 354 g/mol. The standard InChI is InChI=1S/C11H8BrClN6O/c1-19-3-5(12)2-6(19)10(20)18-11-16-8(13)7-9(17-11)15-4-14-7/h2-4H,1H3,(H2,14,15,16,17,18,20). The third-order valence-electron chi connectivity index (χ3n) is 2.67. The predicted molar refractivity (Wildman–Crippen MR) is 77.8 cm³/mol. The smallest absolute Gasteiger partial charge is 0.274 e. The molecule has 2 N–H and O–H groups in total. The summed E-state index contributed by atoms with van der Waals surface area (Å²) in [4.78, 5) is 27.1. The number of carbonyl (C=O) groups excluding carboxylic acids is 1. The van der Waals surface area contributed by atoms with Gasteiger partial charge in [-0.05, 0) is 22.0 Å². The van der Waals surface area contributed by atoms with Crippen LogP contribution in [0.5, 0.6) is 0 Å². The number of aromatic nitrogens is 5. The minimum absolute atomic E-state index is 0.108. The van der Waals surface area contributed by atoms with E-state index in [1.807, 2.05) is 0 Å². The molecule has 0 atom stereocenters. The SMILES string of the molecule is Cn1cc(Br)cc1C(=O)Nc1nc(Cl)c2[nH]cnc2n1. The molecule has 0 saturated carbocycles. The zero-order valence-corrected chi connectivity index (χ0v) is 12.5. The molecule has 0 unspecified atom stereocenters. The van der Waals surface area contributed by atoms with Crippen LogP contribution in [0, 0.1) is 0 Å². The normalized spacial score (nSPS) is 10.9. The van der Waals surface area contributed by atoms with Crippen LogP contribution in [0.3, 0.4) is 0 Å². The lowest BCUT2D eigenvalue weighted by atomic mass is 10.4. The largest absolute Gasteiger partial charge is 0.345 e. The fourth-order valence-corrected chi connectivity index (χ4v) is 2.51. The fraction of sp³-hybridized carbons (Fsp3) is 0.0909. The first kappa shape index (κ1) is 13.1. The summed E-state index contributed by atoms with van der Waals surface area (Å²) in [6.07, 6.45) is 3.24. The van der Waals surface area contributed by atoms with Crippen molar-refractivity contribution in [3.05, 3.63) is 33.9 Å². The Labute approximate surface area is 126 Å². The number of hydrogen-bond donors (Lipinski definition) is 2. The van der Waals surface area contributed by atoms with Gasteiger partial charge in [0.15, 0.2) is 10.8 Å². The van der Waals surface area contributed by atoms with E-state index in [2.05, 4.69) is 41.2 Å². The van der Waals surface area contributed by atoms with E-state index in [1.165, 1.54) is 6.33 Å². The van der Waals surface area contributed by atoms with Crippen molar-refractivity contribution in [2.45, 2.75) is 0 Å². The lowest BCUT2D eigenvalue weighted by molar-refractivity contribution is 0.101. The Balaban J connectivity index is 1.93. The number of nitrogens with one attached hydrogen (secondary N) is 2. The van der Waals surface area contributed by atoms with Gasteiger partial charge in [0.05, 0.1) is 6.33 Å². The first-order valence-corrected chi connectivity index (χ1v) is 6.71. The second-order valence-corrected chi connectivity index (χ2v) is 5.32. The molecule has 7 nitrogen and oxygen atoms in total. The van der Waals surface area contributed by atoms with E-state index < -0.39 is 0 Å². The van der Waals surface area contributed by atoms with Crippen LogP contribution >= 0.6 is 27.5 Å². The van der Waals surface area contributed by atoms with E-state index in [0.29, 0.717) is 16.9 Å². The number of halogens is 2. The van der Waals surface area contributed by atoms with Crippen LogP contribution < -0.4 is 5.32 Å². The number of aryl methyl sites for hydroxylation is 1. The Kier molecular flexibility index (Phi) is 3.19. The zero-order valence-electron chi connectivity index (χ0n) is 10.2. The topological polar surface area (TPSA) is 88.5 Å². The third-order valence-corrected chi connectivity index (χ3v) is 3.38. The summed E-state index contributed by atoms with van der Waals surface area (Å²) in [5.41, 5.74) is 1.40. The zero-order chi connectivity index (χ0) is 14.3.